The number of rotatable bonds is 25. The van der Waals surface area contributed by atoms with Crippen LogP contribution in [0.15, 0.2) is 48.6 Å². The summed E-state index contributed by atoms with van der Waals surface area (Å²) in [5.41, 5.74) is 0. The number of carboxylic acid groups (broad SMARTS) is 1. The van der Waals surface area contributed by atoms with Crippen molar-refractivity contribution >= 4 is 23.5 Å². The molecule has 9 nitrogen and oxygen atoms in total. The number of aliphatic carboxylic acids is 1. The molecule has 2 fully saturated rings. The van der Waals surface area contributed by atoms with Gasteiger partial charge in [0, 0.05) is 49.4 Å². The Labute approximate surface area is 293 Å². The van der Waals surface area contributed by atoms with Crippen LogP contribution in [-0.4, -0.2) is 68.3 Å². The Kier molecular flexibility index (Phi) is 21.0. The molecule has 2 aliphatic rings. The van der Waals surface area contributed by atoms with Crippen molar-refractivity contribution in [1.82, 2.24) is 0 Å². The van der Waals surface area contributed by atoms with E-state index >= 15 is 0 Å². The fourth-order valence-corrected chi connectivity index (χ4v) is 6.74. The van der Waals surface area contributed by atoms with Crippen molar-refractivity contribution in [3.63, 3.8) is 0 Å². The summed E-state index contributed by atoms with van der Waals surface area (Å²) in [5.74, 6) is -2.46. The van der Waals surface area contributed by atoms with Gasteiger partial charge in [-0.25, -0.2) is 0 Å². The second-order valence-electron chi connectivity index (χ2n) is 13.8. The highest BCUT2D eigenvalue weighted by atomic mass is 16.5. The van der Waals surface area contributed by atoms with E-state index in [4.69, 9.17) is 9.84 Å². The molecule has 0 amide bonds. The lowest BCUT2D eigenvalue weighted by Gasteiger charge is -2.19. The summed E-state index contributed by atoms with van der Waals surface area (Å²) < 4.78 is 5.82. The van der Waals surface area contributed by atoms with Crippen molar-refractivity contribution in [1.29, 1.82) is 0 Å². The monoisotopic (exact) mass is 686 g/mol. The molecule has 0 spiro atoms. The lowest BCUT2D eigenvalue weighted by atomic mass is 9.90. The van der Waals surface area contributed by atoms with Gasteiger partial charge in [-0.05, 0) is 63.9 Å². The van der Waals surface area contributed by atoms with Crippen molar-refractivity contribution < 1.29 is 44.3 Å². The number of ether oxygens (including phenoxy) is 1. The molecule has 0 aromatic heterocycles. The molecule has 0 aromatic rings. The maximum atomic E-state index is 12.8. The third-order valence-corrected chi connectivity index (χ3v) is 9.67. The highest BCUT2D eigenvalue weighted by Gasteiger charge is 2.40. The normalized spacial score (nSPS) is 25.8. The van der Waals surface area contributed by atoms with E-state index in [1.807, 2.05) is 42.5 Å². The van der Waals surface area contributed by atoms with E-state index in [0.717, 1.165) is 38.5 Å². The lowest BCUT2D eigenvalue weighted by molar-refractivity contribution is -0.147. The van der Waals surface area contributed by atoms with Gasteiger partial charge < -0.3 is 25.2 Å². The van der Waals surface area contributed by atoms with Gasteiger partial charge in [0.25, 0.3) is 0 Å². The molecule has 0 aliphatic heterocycles. The number of hydrogen-bond acceptors (Lipinski definition) is 8. The lowest BCUT2D eigenvalue weighted by Crippen LogP contribution is -2.20. The Bertz CT molecular complexity index is 1120. The summed E-state index contributed by atoms with van der Waals surface area (Å²) in [6.07, 6.45) is 23.6. The SMILES string of the molecule is CCCCCC(O)C=CC1C(O)CC(=O)C1CC=CCCCC(=O)OC(C=CC1C(O)CC(=O)C1CC=CCCCC(=O)O)CCCCC. The van der Waals surface area contributed by atoms with Crippen LogP contribution >= 0.6 is 0 Å². The van der Waals surface area contributed by atoms with Crippen LogP contribution < -0.4 is 0 Å². The van der Waals surface area contributed by atoms with E-state index < -0.39 is 30.4 Å². The van der Waals surface area contributed by atoms with Gasteiger partial charge in [-0.15, -0.1) is 0 Å². The maximum Gasteiger partial charge on any atom is 0.306 e. The standard InChI is InChI=1S/C40H62O9/c1-3-5-11-17-29(41)23-25-33-31(35(42)27-37(33)44)19-14-8-10-16-22-40(48)49-30(18-12-6-4-2)24-26-34-32(36(43)28-38(34)45)20-13-7-9-15-21-39(46)47/h7-8,13-14,23-26,29-34,37-38,41,44-45H,3-6,9-12,15-22,27-28H2,1-2H3,(H,46,47). The van der Waals surface area contributed by atoms with Crippen LogP contribution in [0.1, 0.15) is 129 Å². The fraction of sp³-hybridized carbons (Fsp3) is 0.700. The van der Waals surface area contributed by atoms with Gasteiger partial charge in [-0.1, -0.05) is 88.5 Å². The maximum absolute atomic E-state index is 12.8. The van der Waals surface area contributed by atoms with Gasteiger partial charge in [0.1, 0.15) is 17.7 Å². The molecule has 9 heteroatoms. The van der Waals surface area contributed by atoms with Crippen molar-refractivity contribution in [2.24, 2.45) is 23.7 Å². The number of esters is 1. The number of carboxylic acids is 1. The Morgan fingerprint density at radius 2 is 1.24 bits per heavy atom. The second-order valence-corrected chi connectivity index (χ2v) is 13.8. The first-order chi connectivity index (χ1) is 23.6. The van der Waals surface area contributed by atoms with Crippen LogP contribution in [0.2, 0.25) is 0 Å². The molecule has 2 aliphatic carbocycles. The molecule has 49 heavy (non-hydrogen) atoms. The van der Waals surface area contributed by atoms with Gasteiger partial charge in [0.05, 0.1) is 18.3 Å². The minimum Gasteiger partial charge on any atom is -0.481 e. The molecule has 2 saturated carbocycles. The largest absolute Gasteiger partial charge is 0.481 e. The predicted molar refractivity (Wildman–Crippen MR) is 191 cm³/mol. The van der Waals surface area contributed by atoms with Crippen LogP contribution in [0.25, 0.3) is 0 Å². The zero-order chi connectivity index (χ0) is 36.0. The first kappa shape index (κ1) is 42.3. The van der Waals surface area contributed by atoms with Gasteiger partial charge in [-0.3, -0.25) is 19.2 Å². The Hall–Kier alpha value is -2.88. The van der Waals surface area contributed by atoms with E-state index in [1.165, 1.54) is 0 Å². The summed E-state index contributed by atoms with van der Waals surface area (Å²) in [6, 6.07) is 0. The first-order valence-electron chi connectivity index (χ1n) is 18.7. The fourth-order valence-electron chi connectivity index (χ4n) is 6.74. The summed E-state index contributed by atoms with van der Waals surface area (Å²) in [4.78, 5) is 48.6. The molecule has 8 atom stereocenters. The number of aliphatic hydroxyl groups is 3. The van der Waals surface area contributed by atoms with E-state index in [9.17, 15) is 34.5 Å². The number of carbonyl (C=O) groups is 4. The number of carbonyl (C=O) groups excluding carboxylic acids is 3. The third kappa shape index (κ3) is 16.6. The quantitative estimate of drug-likeness (QED) is 0.0452. The van der Waals surface area contributed by atoms with Crippen molar-refractivity contribution in [3.05, 3.63) is 48.6 Å². The van der Waals surface area contributed by atoms with Gasteiger partial charge in [0.2, 0.25) is 0 Å². The summed E-state index contributed by atoms with van der Waals surface area (Å²) in [7, 11) is 0. The zero-order valence-electron chi connectivity index (χ0n) is 29.8. The molecule has 0 heterocycles. The second kappa shape index (κ2) is 24.3. The molecule has 0 saturated heterocycles. The molecular weight excluding hydrogens is 624 g/mol. The Morgan fingerprint density at radius 3 is 1.78 bits per heavy atom. The van der Waals surface area contributed by atoms with Crippen LogP contribution in [0, 0.1) is 23.7 Å². The molecule has 276 valence electrons. The smallest absolute Gasteiger partial charge is 0.306 e. The van der Waals surface area contributed by atoms with Gasteiger partial charge in [-0.2, -0.15) is 0 Å². The minimum absolute atomic E-state index is 0.00184. The van der Waals surface area contributed by atoms with Crippen LogP contribution in [0.5, 0.6) is 0 Å². The molecular formula is C40H62O9. The third-order valence-electron chi connectivity index (χ3n) is 9.67. The Morgan fingerprint density at radius 1 is 0.735 bits per heavy atom. The van der Waals surface area contributed by atoms with E-state index in [0.29, 0.717) is 51.4 Å². The number of ketones is 2. The number of aliphatic hydroxyl groups excluding tert-OH is 3. The van der Waals surface area contributed by atoms with Crippen LogP contribution in [-0.2, 0) is 23.9 Å². The molecule has 4 N–H and O–H groups in total. The Balaban J connectivity index is 1.85. The number of unbranched alkanes of at least 4 members (excludes halogenated alkanes) is 6. The van der Waals surface area contributed by atoms with Crippen molar-refractivity contribution in [3.8, 4) is 0 Å². The number of hydrogen-bond donors (Lipinski definition) is 4. The molecule has 0 bridgehead atoms. The summed E-state index contributed by atoms with van der Waals surface area (Å²) in [5, 5.41) is 40.0. The van der Waals surface area contributed by atoms with Crippen molar-refractivity contribution in [2.75, 3.05) is 0 Å². The number of Topliss-reactive ketones (excluding diaryl/α,β-unsaturated/α-hetero) is 2. The van der Waals surface area contributed by atoms with E-state index in [-0.39, 0.29) is 66.9 Å². The average Bonchev–Trinajstić information content (AvgIpc) is 3.48. The predicted octanol–water partition coefficient (Wildman–Crippen LogP) is 6.98. The molecule has 0 radical (unpaired) electrons. The summed E-state index contributed by atoms with van der Waals surface area (Å²) >= 11 is 0. The zero-order valence-corrected chi connectivity index (χ0v) is 29.8. The van der Waals surface area contributed by atoms with Crippen LogP contribution in [0.3, 0.4) is 0 Å². The van der Waals surface area contributed by atoms with E-state index in [2.05, 4.69) is 13.8 Å². The molecule has 0 aromatic carbocycles. The summed E-state index contributed by atoms with van der Waals surface area (Å²) in [6.45, 7) is 4.22. The highest BCUT2D eigenvalue weighted by molar-refractivity contribution is 5.85. The van der Waals surface area contributed by atoms with Gasteiger partial charge in [0.15, 0.2) is 0 Å². The molecule has 2 rings (SSSR count). The minimum atomic E-state index is -0.831. The van der Waals surface area contributed by atoms with E-state index in [1.54, 1.807) is 6.08 Å². The molecule has 8 unspecified atom stereocenters. The van der Waals surface area contributed by atoms with Crippen molar-refractivity contribution in [2.45, 2.75) is 154 Å². The van der Waals surface area contributed by atoms with Gasteiger partial charge >= 0.3 is 11.9 Å². The highest BCUT2D eigenvalue weighted by Crippen LogP contribution is 2.35. The topological polar surface area (TPSA) is 158 Å². The average molecular weight is 687 g/mol. The van der Waals surface area contributed by atoms with Crippen LogP contribution in [0.4, 0.5) is 0 Å². The first-order valence-corrected chi connectivity index (χ1v) is 18.7. The number of allylic oxidation sites excluding steroid dienone is 4.